The number of nitrogens with zero attached hydrogens (tertiary/aromatic N) is 1. The molecular weight excluding hydrogens is 262 g/mol. The molecule has 1 spiro atoms. The van der Waals surface area contributed by atoms with Gasteiger partial charge in [0.25, 0.3) is 0 Å². The molecule has 1 atom stereocenters. The van der Waals surface area contributed by atoms with Gasteiger partial charge in [-0.2, -0.15) is 0 Å². The van der Waals surface area contributed by atoms with Crippen molar-refractivity contribution in [3.8, 4) is 0 Å². The van der Waals surface area contributed by atoms with E-state index < -0.39 is 5.41 Å². The maximum atomic E-state index is 12.6. The zero-order chi connectivity index (χ0) is 15.0. The van der Waals surface area contributed by atoms with E-state index in [9.17, 15) is 4.79 Å². The highest BCUT2D eigenvalue weighted by Gasteiger charge is 2.49. The summed E-state index contributed by atoms with van der Waals surface area (Å²) in [5.74, 6) is 0.993. The number of nitrogens with one attached hydrogen (secondary N) is 2. The zero-order valence-electron chi connectivity index (χ0n) is 12.2. The monoisotopic (exact) mass is 281 g/mol. The first-order chi connectivity index (χ1) is 10.1. The highest BCUT2D eigenvalue weighted by molar-refractivity contribution is 6.00. The fourth-order valence-electron chi connectivity index (χ4n) is 3.26. The molecule has 0 amide bonds. The molecule has 1 aliphatic carbocycles. The second kappa shape index (κ2) is 4.95. The van der Waals surface area contributed by atoms with E-state index in [1.807, 2.05) is 25.1 Å². The molecule has 108 valence electrons. The van der Waals surface area contributed by atoms with Crippen LogP contribution in [0.2, 0.25) is 0 Å². The van der Waals surface area contributed by atoms with Crippen LogP contribution in [0.4, 0.5) is 5.82 Å². The SMILES string of the molecule is C=C1CC2(C/C1=C/C(=N)CC)C(=O)CNc1ncccc12. The summed E-state index contributed by atoms with van der Waals surface area (Å²) in [6.45, 7) is 6.40. The molecule has 1 unspecified atom stereocenters. The van der Waals surface area contributed by atoms with Crippen LogP contribution in [0.3, 0.4) is 0 Å². The van der Waals surface area contributed by atoms with E-state index in [1.54, 1.807) is 6.20 Å². The molecule has 2 N–H and O–H groups in total. The number of anilines is 1. The number of aromatic nitrogens is 1. The molecule has 3 rings (SSSR count). The van der Waals surface area contributed by atoms with Crippen molar-refractivity contribution < 1.29 is 4.79 Å². The van der Waals surface area contributed by atoms with Crippen LogP contribution >= 0.6 is 0 Å². The fourth-order valence-corrected chi connectivity index (χ4v) is 3.26. The number of ketones is 1. The molecule has 2 aliphatic rings. The van der Waals surface area contributed by atoms with Crippen molar-refractivity contribution in [3.05, 3.63) is 47.7 Å². The molecule has 21 heavy (non-hydrogen) atoms. The Morgan fingerprint density at radius 2 is 2.38 bits per heavy atom. The van der Waals surface area contributed by atoms with Crippen molar-refractivity contribution in [3.63, 3.8) is 0 Å². The lowest BCUT2D eigenvalue weighted by Crippen LogP contribution is -2.42. The first-order valence-electron chi connectivity index (χ1n) is 7.25. The van der Waals surface area contributed by atoms with Crippen molar-refractivity contribution >= 4 is 17.3 Å². The van der Waals surface area contributed by atoms with Gasteiger partial charge < -0.3 is 10.7 Å². The van der Waals surface area contributed by atoms with Crippen molar-refractivity contribution in [2.24, 2.45) is 0 Å². The number of pyridine rings is 1. The minimum absolute atomic E-state index is 0.190. The highest BCUT2D eigenvalue weighted by atomic mass is 16.1. The van der Waals surface area contributed by atoms with E-state index >= 15 is 0 Å². The molecule has 1 aromatic rings. The van der Waals surface area contributed by atoms with E-state index in [0.717, 1.165) is 22.5 Å². The summed E-state index contributed by atoms with van der Waals surface area (Å²) in [4.78, 5) is 17.0. The molecule has 0 aromatic carbocycles. The third kappa shape index (κ3) is 2.11. The lowest BCUT2D eigenvalue weighted by Gasteiger charge is -2.33. The number of carbonyl (C=O) groups is 1. The lowest BCUT2D eigenvalue weighted by atomic mass is 9.73. The Labute approximate surface area is 124 Å². The Hall–Kier alpha value is -2.23. The molecule has 0 bridgehead atoms. The van der Waals surface area contributed by atoms with Crippen LogP contribution in [-0.2, 0) is 10.2 Å². The van der Waals surface area contributed by atoms with E-state index in [2.05, 4.69) is 16.9 Å². The van der Waals surface area contributed by atoms with E-state index in [4.69, 9.17) is 5.41 Å². The Morgan fingerprint density at radius 3 is 3.14 bits per heavy atom. The van der Waals surface area contributed by atoms with Gasteiger partial charge in [-0.05, 0) is 37.0 Å². The van der Waals surface area contributed by atoms with Crippen LogP contribution < -0.4 is 5.32 Å². The van der Waals surface area contributed by atoms with Crippen LogP contribution in [0.15, 0.2) is 42.1 Å². The summed E-state index contributed by atoms with van der Waals surface area (Å²) in [5, 5.41) is 11.0. The van der Waals surface area contributed by atoms with Gasteiger partial charge in [-0.25, -0.2) is 4.98 Å². The van der Waals surface area contributed by atoms with E-state index in [0.29, 0.717) is 31.5 Å². The fraction of sp³-hybridized carbons (Fsp3) is 0.353. The van der Waals surface area contributed by atoms with Crippen LogP contribution in [0.1, 0.15) is 31.7 Å². The van der Waals surface area contributed by atoms with Crippen LogP contribution in [-0.4, -0.2) is 23.0 Å². The van der Waals surface area contributed by atoms with Gasteiger partial charge in [-0.1, -0.05) is 25.1 Å². The van der Waals surface area contributed by atoms with E-state index in [-0.39, 0.29) is 5.78 Å². The number of allylic oxidation sites excluding steroid dienone is 3. The van der Waals surface area contributed by atoms with Gasteiger partial charge in [-0.15, -0.1) is 0 Å². The largest absolute Gasteiger partial charge is 0.363 e. The average molecular weight is 281 g/mol. The number of Topliss-reactive ketones (excluding diaryl/α,β-unsaturated/α-hetero) is 1. The lowest BCUT2D eigenvalue weighted by molar-refractivity contribution is -0.122. The Morgan fingerprint density at radius 1 is 1.57 bits per heavy atom. The first-order valence-corrected chi connectivity index (χ1v) is 7.25. The van der Waals surface area contributed by atoms with Crippen molar-refractivity contribution in [1.29, 1.82) is 5.41 Å². The maximum absolute atomic E-state index is 12.6. The second-order valence-electron chi connectivity index (χ2n) is 5.76. The van der Waals surface area contributed by atoms with Gasteiger partial charge in [0.15, 0.2) is 5.78 Å². The molecule has 0 radical (unpaired) electrons. The molecule has 1 fully saturated rings. The summed E-state index contributed by atoms with van der Waals surface area (Å²) < 4.78 is 0. The van der Waals surface area contributed by atoms with Gasteiger partial charge in [-0.3, -0.25) is 4.79 Å². The predicted molar refractivity (Wildman–Crippen MR) is 83.9 cm³/mol. The Bertz CT molecular complexity index is 674. The van der Waals surface area contributed by atoms with Crippen molar-refractivity contribution in [2.45, 2.75) is 31.6 Å². The second-order valence-corrected chi connectivity index (χ2v) is 5.76. The number of carbonyl (C=O) groups excluding carboxylic acids is 1. The highest BCUT2D eigenvalue weighted by Crippen LogP contribution is 2.50. The molecule has 4 nitrogen and oxygen atoms in total. The minimum Gasteiger partial charge on any atom is -0.363 e. The predicted octanol–water partition coefficient (Wildman–Crippen LogP) is 3.02. The van der Waals surface area contributed by atoms with Crippen LogP contribution in [0.25, 0.3) is 0 Å². The average Bonchev–Trinajstić information content (AvgIpc) is 2.81. The van der Waals surface area contributed by atoms with E-state index in [1.165, 1.54) is 0 Å². The van der Waals surface area contributed by atoms with Crippen molar-refractivity contribution in [1.82, 2.24) is 4.98 Å². The summed E-state index contributed by atoms with van der Waals surface area (Å²) in [6, 6.07) is 3.85. The minimum atomic E-state index is -0.536. The standard InChI is InChI=1S/C17H19N3O/c1-3-13(18)7-12-9-17(8-11(12)2)14-5-4-6-19-16(14)20-10-15(17)21/h4-7,18H,2-3,8-10H2,1H3,(H,19,20)/b12-7-,18-13?. The summed E-state index contributed by atoms with van der Waals surface area (Å²) in [7, 11) is 0. The molecule has 1 aliphatic heterocycles. The van der Waals surface area contributed by atoms with Crippen molar-refractivity contribution in [2.75, 3.05) is 11.9 Å². The number of hydrogen-bond acceptors (Lipinski definition) is 4. The molecule has 1 saturated carbocycles. The third-order valence-corrected chi connectivity index (χ3v) is 4.46. The summed E-state index contributed by atoms with van der Waals surface area (Å²) in [6.07, 6.45) is 5.57. The Kier molecular flexibility index (Phi) is 3.24. The molecule has 1 aromatic heterocycles. The molecule has 2 heterocycles. The van der Waals surface area contributed by atoms with Gasteiger partial charge in [0, 0.05) is 17.5 Å². The smallest absolute Gasteiger partial charge is 0.163 e. The topological polar surface area (TPSA) is 65.8 Å². The summed E-state index contributed by atoms with van der Waals surface area (Å²) >= 11 is 0. The Balaban J connectivity index is 2.07. The van der Waals surface area contributed by atoms with Crippen LogP contribution in [0.5, 0.6) is 0 Å². The third-order valence-electron chi connectivity index (χ3n) is 4.46. The summed E-state index contributed by atoms with van der Waals surface area (Å²) in [5.41, 5.74) is 3.01. The maximum Gasteiger partial charge on any atom is 0.163 e. The van der Waals surface area contributed by atoms with Gasteiger partial charge in [0.2, 0.25) is 0 Å². The molecular formula is C17H19N3O. The molecule has 0 saturated heterocycles. The number of rotatable bonds is 2. The van der Waals surface area contributed by atoms with Gasteiger partial charge >= 0.3 is 0 Å². The number of fused-ring (bicyclic) bond motifs is 2. The first kappa shape index (κ1) is 13.7. The quantitative estimate of drug-likeness (QED) is 0.819. The normalized spacial score (nSPS) is 26.0. The number of hydrogen-bond donors (Lipinski definition) is 2. The molecule has 4 heteroatoms. The van der Waals surface area contributed by atoms with Gasteiger partial charge in [0.05, 0.1) is 12.0 Å². The zero-order valence-corrected chi connectivity index (χ0v) is 12.2. The van der Waals surface area contributed by atoms with Gasteiger partial charge in [0.1, 0.15) is 5.82 Å². The van der Waals surface area contributed by atoms with Crippen LogP contribution in [0, 0.1) is 5.41 Å².